The van der Waals surface area contributed by atoms with Gasteiger partial charge < -0.3 is 14.2 Å². The first-order valence-corrected chi connectivity index (χ1v) is 31.7. The lowest BCUT2D eigenvalue weighted by atomic mass is 10.0. The van der Waals surface area contributed by atoms with Crippen molar-refractivity contribution < 1.29 is 28.6 Å². The lowest BCUT2D eigenvalue weighted by Crippen LogP contribution is -2.30. The van der Waals surface area contributed by atoms with E-state index in [2.05, 4.69) is 118 Å². The lowest BCUT2D eigenvalue weighted by molar-refractivity contribution is -0.167. The number of rotatable bonds is 57. The number of ether oxygens (including phenoxy) is 3. The fourth-order valence-electron chi connectivity index (χ4n) is 8.80. The van der Waals surface area contributed by atoms with Crippen molar-refractivity contribution in [2.45, 2.75) is 309 Å². The molecule has 0 aliphatic rings. The van der Waals surface area contributed by atoms with Gasteiger partial charge in [-0.25, -0.2) is 0 Å². The highest BCUT2D eigenvalue weighted by atomic mass is 16.6. The molecule has 1 atom stereocenters. The Morgan fingerprint density at radius 3 is 0.867 bits per heavy atom. The number of esters is 3. The number of carbonyl (C=O) groups excluding carboxylic acids is 3. The Labute approximate surface area is 464 Å². The van der Waals surface area contributed by atoms with Gasteiger partial charge in [-0.2, -0.15) is 0 Å². The number of hydrogen-bond acceptors (Lipinski definition) is 6. The minimum absolute atomic E-state index is 0.0889. The summed E-state index contributed by atoms with van der Waals surface area (Å²) in [5.41, 5.74) is 0. The van der Waals surface area contributed by atoms with Crippen molar-refractivity contribution in [1.29, 1.82) is 0 Å². The first-order valence-electron chi connectivity index (χ1n) is 31.7. The topological polar surface area (TPSA) is 78.9 Å². The molecule has 0 saturated heterocycles. The van der Waals surface area contributed by atoms with E-state index in [4.69, 9.17) is 14.2 Å². The maximum Gasteiger partial charge on any atom is 0.306 e. The molecular formula is C69H118O6. The van der Waals surface area contributed by atoms with Crippen LogP contribution in [0, 0.1) is 0 Å². The van der Waals surface area contributed by atoms with Gasteiger partial charge in [0.15, 0.2) is 6.10 Å². The second kappa shape index (κ2) is 62.9. The highest BCUT2D eigenvalue weighted by Gasteiger charge is 2.19. The van der Waals surface area contributed by atoms with Crippen LogP contribution in [0.15, 0.2) is 97.2 Å². The van der Waals surface area contributed by atoms with Gasteiger partial charge in [-0.1, -0.05) is 266 Å². The van der Waals surface area contributed by atoms with Crippen LogP contribution in [0.1, 0.15) is 303 Å². The molecule has 0 aliphatic heterocycles. The molecule has 6 heteroatoms. The molecule has 0 aromatic carbocycles. The van der Waals surface area contributed by atoms with Crippen LogP contribution in [0.2, 0.25) is 0 Å². The predicted octanol–water partition coefficient (Wildman–Crippen LogP) is 21.7. The predicted molar refractivity (Wildman–Crippen MR) is 325 cm³/mol. The van der Waals surface area contributed by atoms with E-state index in [9.17, 15) is 14.4 Å². The third-order valence-electron chi connectivity index (χ3n) is 13.5. The molecule has 0 fully saturated rings. The molecule has 0 aliphatic carbocycles. The van der Waals surface area contributed by atoms with Crippen LogP contribution in [-0.4, -0.2) is 37.2 Å². The second-order valence-electron chi connectivity index (χ2n) is 20.9. The average molecular weight is 1040 g/mol. The maximum absolute atomic E-state index is 12.9. The van der Waals surface area contributed by atoms with Crippen molar-refractivity contribution in [2.24, 2.45) is 0 Å². The van der Waals surface area contributed by atoms with E-state index < -0.39 is 6.10 Å². The standard InChI is InChI=1S/C69H118O6/c1-4-7-10-13-16-19-22-25-27-28-29-30-31-32-33-34-35-36-37-38-39-40-42-44-47-50-53-56-59-62-68(71)74-65-66(64-73-67(70)61-58-55-52-49-46-43-24-21-18-15-12-9-6-3)75-69(72)63-60-57-54-51-48-45-41-26-23-20-17-14-11-8-5-2/h8,11-12,15,17,20-22,24-26,28-29,31-32,41,66H,4-7,9-10,13-14,16,18-19,23,27,30,33-40,42-65H2,1-3H3/b11-8-,15-12-,20-17-,24-21-,25-22-,29-28-,32-31-,41-26-. The van der Waals surface area contributed by atoms with E-state index in [0.29, 0.717) is 19.3 Å². The van der Waals surface area contributed by atoms with Crippen molar-refractivity contribution >= 4 is 17.9 Å². The normalized spacial score (nSPS) is 12.7. The Bertz CT molecular complexity index is 1480. The third-order valence-corrected chi connectivity index (χ3v) is 13.5. The van der Waals surface area contributed by atoms with Gasteiger partial charge in [0.05, 0.1) is 0 Å². The SMILES string of the molecule is CC/C=C\C/C=C\C/C=C\CCCCCCCC(=O)OC(COC(=O)CCCCCCC/C=C\C/C=C\CCC)COC(=O)CCCCCCCCCCCCCCCC/C=C\C/C=C\C/C=C\CCCCCCC. The Kier molecular flexibility index (Phi) is 59.8. The molecule has 0 radical (unpaired) electrons. The zero-order chi connectivity index (χ0) is 54.3. The van der Waals surface area contributed by atoms with Crippen LogP contribution in [0.3, 0.4) is 0 Å². The van der Waals surface area contributed by atoms with Gasteiger partial charge in [-0.15, -0.1) is 0 Å². The van der Waals surface area contributed by atoms with E-state index in [0.717, 1.165) is 141 Å². The summed E-state index contributed by atoms with van der Waals surface area (Å²) < 4.78 is 16.9. The lowest BCUT2D eigenvalue weighted by Gasteiger charge is -2.18. The Balaban J connectivity index is 4.24. The molecule has 0 saturated carbocycles. The van der Waals surface area contributed by atoms with Gasteiger partial charge in [0.2, 0.25) is 0 Å². The van der Waals surface area contributed by atoms with Gasteiger partial charge in [0.25, 0.3) is 0 Å². The molecule has 0 aromatic heterocycles. The molecule has 0 heterocycles. The summed E-state index contributed by atoms with van der Waals surface area (Å²) in [5, 5.41) is 0. The number of hydrogen-bond donors (Lipinski definition) is 0. The average Bonchev–Trinajstić information content (AvgIpc) is 3.41. The number of unbranched alkanes of at least 4 members (excludes halogenated alkanes) is 30. The zero-order valence-electron chi connectivity index (χ0n) is 49.3. The fourth-order valence-corrected chi connectivity index (χ4v) is 8.80. The van der Waals surface area contributed by atoms with E-state index in [1.165, 1.54) is 122 Å². The summed E-state index contributed by atoms with van der Waals surface area (Å²) in [6, 6.07) is 0. The molecule has 0 spiro atoms. The fraction of sp³-hybridized carbons (Fsp3) is 0.725. The first kappa shape index (κ1) is 71.3. The molecule has 0 amide bonds. The molecular weight excluding hydrogens is 925 g/mol. The molecule has 430 valence electrons. The van der Waals surface area contributed by atoms with Crippen LogP contribution in [0.5, 0.6) is 0 Å². The quantitative estimate of drug-likeness (QED) is 0.0261. The monoisotopic (exact) mass is 1040 g/mol. The molecule has 1 unspecified atom stereocenters. The van der Waals surface area contributed by atoms with Gasteiger partial charge in [-0.05, 0) is 116 Å². The summed E-state index contributed by atoms with van der Waals surface area (Å²) in [6.07, 6.45) is 84.2. The van der Waals surface area contributed by atoms with E-state index >= 15 is 0 Å². The minimum atomic E-state index is -0.794. The molecule has 0 aromatic rings. The summed E-state index contributed by atoms with van der Waals surface area (Å²) >= 11 is 0. The second-order valence-corrected chi connectivity index (χ2v) is 20.9. The Hall–Kier alpha value is -3.67. The Morgan fingerprint density at radius 1 is 0.280 bits per heavy atom. The van der Waals surface area contributed by atoms with Crippen molar-refractivity contribution in [3.05, 3.63) is 97.2 Å². The van der Waals surface area contributed by atoms with E-state index in [1.807, 2.05) is 0 Å². The van der Waals surface area contributed by atoms with Crippen LogP contribution in [0.4, 0.5) is 0 Å². The van der Waals surface area contributed by atoms with Gasteiger partial charge in [-0.3, -0.25) is 14.4 Å². The van der Waals surface area contributed by atoms with Gasteiger partial charge in [0, 0.05) is 19.3 Å². The third kappa shape index (κ3) is 61.1. The number of allylic oxidation sites excluding steroid dienone is 16. The largest absolute Gasteiger partial charge is 0.462 e. The van der Waals surface area contributed by atoms with Crippen molar-refractivity contribution in [1.82, 2.24) is 0 Å². The Morgan fingerprint density at radius 2 is 0.547 bits per heavy atom. The smallest absolute Gasteiger partial charge is 0.306 e. The van der Waals surface area contributed by atoms with Crippen molar-refractivity contribution in [3.63, 3.8) is 0 Å². The maximum atomic E-state index is 12.9. The molecule has 6 nitrogen and oxygen atoms in total. The van der Waals surface area contributed by atoms with E-state index in [-0.39, 0.29) is 31.1 Å². The molecule has 0 N–H and O–H groups in total. The van der Waals surface area contributed by atoms with Crippen molar-refractivity contribution in [2.75, 3.05) is 13.2 Å². The van der Waals surface area contributed by atoms with Crippen LogP contribution in [-0.2, 0) is 28.6 Å². The summed E-state index contributed by atoms with van der Waals surface area (Å²) in [4.78, 5) is 38.2. The molecule has 0 bridgehead atoms. The van der Waals surface area contributed by atoms with Crippen LogP contribution >= 0.6 is 0 Å². The van der Waals surface area contributed by atoms with Crippen LogP contribution in [0.25, 0.3) is 0 Å². The number of carbonyl (C=O) groups is 3. The summed E-state index contributed by atoms with van der Waals surface area (Å²) in [7, 11) is 0. The first-order chi connectivity index (χ1) is 37.0. The minimum Gasteiger partial charge on any atom is -0.462 e. The van der Waals surface area contributed by atoms with Gasteiger partial charge in [0.1, 0.15) is 13.2 Å². The highest BCUT2D eigenvalue weighted by Crippen LogP contribution is 2.16. The highest BCUT2D eigenvalue weighted by molar-refractivity contribution is 5.71. The van der Waals surface area contributed by atoms with Crippen molar-refractivity contribution in [3.8, 4) is 0 Å². The van der Waals surface area contributed by atoms with Gasteiger partial charge >= 0.3 is 17.9 Å². The van der Waals surface area contributed by atoms with Crippen LogP contribution < -0.4 is 0 Å². The summed E-state index contributed by atoms with van der Waals surface area (Å²) in [6.45, 7) is 6.44. The zero-order valence-corrected chi connectivity index (χ0v) is 49.3. The summed E-state index contributed by atoms with van der Waals surface area (Å²) in [5.74, 6) is -0.915. The molecule has 75 heavy (non-hydrogen) atoms. The molecule has 0 rings (SSSR count). The van der Waals surface area contributed by atoms with E-state index in [1.54, 1.807) is 0 Å².